The van der Waals surface area contributed by atoms with Crippen molar-refractivity contribution >= 4 is 11.4 Å². The van der Waals surface area contributed by atoms with E-state index in [1.54, 1.807) is 0 Å². The molecule has 0 saturated heterocycles. The van der Waals surface area contributed by atoms with Gasteiger partial charge in [-0.2, -0.15) is 0 Å². The predicted octanol–water partition coefficient (Wildman–Crippen LogP) is 8.79. The summed E-state index contributed by atoms with van der Waals surface area (Å²) in [6, 6.07) is 10.4. The van der Waals surface area contributed by atoms with Crippen molar-refractivity contribution in [3.63, 3.8) is 0 Å². The lowest BCUT2D eigenvalue weighted by molar-refractivity contribution is -0.115. The SMILES string of the molecule is C=C(/C=C(\C)c1cc(C)ccc1C)C(=O)CCC.CC.CC.Cc1cc(CO)cc(C)c1C. The lowest BCUT2D eigenvalue weighted by atomic mass is 9.97. The molecule has 0 unspecified atom stereocenters. The number of Topliss-reactive ketones (excluding diaryl/α,β-unsaturated/α-hetero) is 1. The topological polar surface area (TPSA) is 37.3 Å². The van der Waals surface area contributed by atoms with E-state index in [-0.39, 0.29) is 12.4 Å². The van der Waals surface area contributed by atoms with Gasteiger partial charge in [0.15, 0.2) is 5.78 Å². The molecule has 0 aromatic heterocycles. The van der Waals surface area contributed by atoms with Crippen molar-refractivity contribution in [1.82, 2.24) is 0 Å². The number of hydrogen-bond acceptors (Lipinski definition) is 2. The molecule has 0 radical (unpaired) electrons. The Morgan fingerprint density at radius 3 is 1.88 bits per heavy atom. The van der Waals surface area contributed by atoms with E-state index < -0.39 is 0 Å². The van der Waals surface area contributed by atoms with Gasteiger partial charge in [0.05, 0.1) is 6.61 Å². The Labute approximate surface area is 204 Å². The second kappa shape index (κ2) is 18.0. The smallest absolute Gasteiger partial charge is 0.162 e. The van der Waals surface area contributed by atoms with Gasteiger partial charge in [-0.05, 0) is 93.0 Å². The molecule has 2 aromatic rings. The summed E-state index contributed by atoms with van der Waals surface area (Å²) in [4.78, 5) is 11.7. The standard InChI is InChI=1S/C17H22O.C10H14O.2C2H6/c1-6-7-17(18)15(5)11-14(4)16-10-12(2)8-9-13(16)3;1-7-4-10(6-11)5-8(2)9(7)3;2*1-2/h8-11H,5-7H2,1-4H3;4-5,11H,6H2,1-3H3;2*1-2H3/b14-11+;;;. The number of ketones is 1. The molecule has 2 nitrogen and oxygen atoms in total. The maximum Gasteiger partial charge on any atom is 0.162 e. The zero-order valence-corrected chi connectivity index (χ0v) is 23.1. The molecular weight excluding hydrogens is 404 g/mol. The molecule has 33 heavy (non-hydrogen) atoms. The third-order valence-corrected chi connectivity index (χ3v) is 5.21. The van der Waals surface area contributed by atoms with Gasteiger partial charge in [-0.15, -0.1) is 0 Å². The molecule has 2 aromatic carbocycles. The van der Waals surface area contributed by atoms with Crippen molar-refractivity contribution in [2.45, 2.75) is 95.6 Å². The van der Waals surface area contributed by atoms with Gasteiger partial charge in [0.25, 0.3) is 0 Å². The molecule has 0 aliphatic rings. The first-order chi connectivity index (χ1) is 15.6. The van der Waals surface area contributed by atoms with Gasteiger partial charge < -0.3 is 5.11 Å². The normalized spacial score (nSPS) is 10.0. The van der Waals surface area contributed by atoms with Crippen molar-refractivity contribution in [3.05, 3.63) is 87.5 Å². The van der Waals surface area contributed by atoms with Crippen LogP contribution in [-0.2, 0) is 11.4 Å². The Morgan fingerprint density at radius 2 is 1.42 bits per heavy atom. The molecule has 0 fully saturated rings. The van der Waals surface area contributed by atoms with Crippen molar-refractivity contribution in [2.75, 3.05) is 0 Å². The minimum absolute atomic E-state index is 0.141. The quantitative estimate of drug-likeness (QED) is 0.351. The molecule has 0 bridgehead atoms. The van der Waals surface area contributed by atoms with Crippen LogP contribution in [0.3, 0.4) is 0 Å². The van der Waals surface area contributed by atoms with Gasteiger partial charge in [-0.1, -0.05) is 77.1 Å². The minimum atomic E-state index is 0.141. The highest BCUT2D eigenvalue weighted by molar-refractivity contribution is 5.99. The zero-order valence-electron chi connectivity index (χ0n) is 23.1. The first-order valence-corrected chi connectivity index (χ1v) is 12.3. The van der Waals surface area contributed by atoms with E-state index in [0.29, 0.717) is 12.0 Å². The fourth-order valence-electron chi connectivity index (χ4n) is 3.18. The van der Waals surface area contributed by atoms with Gasteiger partial charge in [-0.3, -0.25) is 4.79 Å². The Balaban J connectivity index is 0. The van der Waals surface area contributed by atoms with E-state index in [1.165, 1.54) is 33.4 Å². The third kappa shape index (κ3) is 11.8. The molecule has 0 spiro atoms. The molecule has 0 amide bonds. The van der Waals surface area contributed by atoms with Crippen LogP contribution in [0, 0.1) is 34.6 Å². The highest BCUT2D eigenvalue weighted by Crippen LogP contribution is 2.21. The molecule has 2 heteroatoms. The largest absolute Gasteiger partial charge is 0.392 e. The fraction of sp³-hybridized carbons (Fsp3) is 0.452. The van der Waals surface area contributed by atoms with Crippen LogP contribution in [0.15, 0.2) is 48.6 Å². The van der Waals surface area contributed by atoms with Gasteiger partial charge in [0, 0.05) is 12.0 Å². The summed E-state index contributed by atoms with van der Waals surface area (Å²) in [5.41, 5.74) is 10.2. The zero-order chi connectivity index (χ0) is 26.1. The number of rotatable bonds is 6. The summed E-state index contributed by atoms with van der Waals surface area (Å²) in [6.45, 7) is 26.5. The lowest BCUT2D eigenvalue weighted by Gasteiger charge is -2.08. The van der Waals surface area contributed by atoms with E-state index in [4.69, 9.17) is 5.11 Å². The van der Waals surface area contributed by atoms with Crippen LogP contribution >= 0.6 is 0 Å². The van der Waals surface area contributed by atoms with Crippen LogP contribution in [0.5, 0.6) is 0 Å². The first-order valence-electron chi connectivity index (χ1n) is 12.3. The van der Waals surface area contributed by atoms with E-state index in [2.05, 4.69) is 59.4 Å². The number of carbonyl (C=O) groups excluding carboxylic acids is 1. The number of carbonyl (C=O) groups is 1. The van der Waals surface area contributed by atoms with Crippen LogP contribution in [0.1, 0.15) is 93.3 Å². The number of allylic oxidation sites excluding steroid dienone is 3. The number of hydrogen-bond donors (Lipinski definition) is 1. The van der Waals surface area contributed by atoms with Gasteiger partial charge in [0.2, 0.25) is 0 Å². The van der Waals surface area contributed by atoms with Crippen LogP contribution in [0.4, 0.5) is 0 Å². The molecule has 2 rings (SSSR count). The second-order valence-electron chi connectivity index (χ2n) is 7.86. The first kappa shape index (κ1) is 32.7. The minimum Gasteiger partial charge on any atom is -0.392 e. The summed E-state index contributed by atoms with van der Waals surface area (Å²) < 4.78 is 0. The fourth-order valence-corrected chi connectivity index (χ4v) is 3.18. The Kier molecular flexibility index (Phi) is 17.9. The van der Waals surface area contributed by atoms with E-state index in [1.807, 2.05) is 59.8 Å². The van der Waals surface area contributed by atoms with E-state index in [9.17, 15) is 4.79 Å². The molecular formula is C31H48O2. The van der Waals surface area contributed by atoms with Gasteiger partial charge in [0.1, 0.15) is 0 Å². The number of benzene rings is 2. The average molecular weight is 453 g/mol. The second-order valence-corrected chi connectivity index (χ2v) is 7.86. The molecule has 0 saturated carbocycles. The summed E-state index contributed by atoms with van der Waals surface area (Å²) in [5, 5.41) is 8.88. The highest BCUT2D eigenvalue weighted by Gasteiger charge is 2.06. The highest BCUT2D eigenvalue weighted by atomic mass is 16.3. The lowest BCUT2D eigenvalue weighted by Crippen LogP contribution is -1.99. The monoisotopic (exact) mass is 452 g/mol. The molecule has 0 atom stereocenters. The molecule has 1 N–H and O–H groups in total. The Bertz CT molecular complexity index is 878. The van der Waals surface area contributed by atoms with E-state index >= 15 is 0 Å². The summed E-state index contributed by atoms with van der Waals surface area (Å²) in [7, 11) is 0. The molecule has 0 heterocycles. The average Bonchev–Trinajstić information content (AvgIpc) is 2.81. The molecule has 0 aliphatic heterocycles. The van der Waals surface area contributed by atoms with Crippen molar-refractivity contribution in [3.8, 4) is 0 Å². The van der Waals surface area contributed by atoms with Crippen molar-refractivity contribution < 1.29 is 9.90 Å². The number of aryl methyl sites for hydroxylation is 4. The number of aliphatic hydroxyl groups is 1. The van der Waals surface area contributed by atoms with Crippen LogP contribution in [-0.4, -0.2) is 10.9 Å². The Hall–Kier alpha value is -2.45. The Morgan fingerprint density at radius 1 is 0.909 bits per heavy atom. The third-order valence-electron chi connectivity index (χ3n) is 5.21. The van der Waals surface area contributed by atoms with Crippen LogP contribution < -0.4 is 0 Å². The predicted molar refractivity (Wildman–Crippen MR) is 148 cm³/mol. The molecule has 0 aliphatic carbocycles. The van der Waals surface area contributed by atoms with Crippen LogP contribution in [0.25, 0.3) is 5.57 Å². The summed E-state index contributed by atoms with van der Waals surface area (Å²) >= 11 is 0. The van der Waals surface area contributed by atoms with Crippen molar-refractivity contribution in [2.24, 2.45) is 0 Å². The van der Waals surface area contributed by atoms with E-state index in [0.717, 1.165) is 17.6 Å². The summed E-state index contributed by atoms with van der Waals surface area (Å²) in [6.07, 6.45) is 3.35. The summed E-state index contributed by atoms with van der Waals surface area (Å²) in [5.74, 6) is 0.141. The maximum atomic E-state index is 11.7. The van der Waals surface area contributed by atoms with Crippen molar-refractivity contribution in [1.29, 1.82) is 0 Å². The number of aliphatic hydroxyl groups excluding tert-OH is 1. The van der Waals surface area contributed by atoms with Gasteiger partial charge >= 0.3 is 0 Å². The molecule has 184 valence electrons. The van der Waals surface area contributed by atoms with Crippen LogP contribution in [0.2, 0.25) is 0 Å². The van der Waals surface area contributed by atoms with Gasteiger partial charge in [-0.25, -0.2) is 0 Å². The maximum absolute atomic E-state index is 11.7.